The number of ether oxygens (including phenoxy) is 2. The minimum atomic E-state index is -0.249. The van der Waals surface area contributed by atoms with Crippen molar-refractivity contribution in [3.63, 3.8) is 0 Å². The predicted molar refractivity (Wildman–Crippen MR) is 81.9 cm³/mol. The standard InChI is InChI=1S/C16H18N2O3/c1-18(12-7-5-4-6-8-12)17-16(19)14-10-9-13(20-2)11-15(14)21-3/h4-11H,1-3H3,(H,17,19). The number of carbonyl (C=O) groups excluding carboxylic acids is 1. The summed E-state index contributed by atoms with van der Waals surface area (Å²) in [5.74, 6) is 0.856. The summed E-state index contributed by atoms with van der Waals surface area (Å²) < 4.78 is 10.4. The van der Waals surface area contributed by atoms with Crippen LogP contribution in [-0.2, 0) is 0 Å². The van der Waals surface area contributed by atoms with Crippen LogP contribution < -0.4 is 19.9 Å². The highest BCUT2D eigenvalue weighted by molar-refractivity contribution is 5.97. The monoisotopic (exact) mass is 286 g/mol. The van der Waals surface area contributed by atoms with Gasteiger partial charge in [-0.05, 0) is 24.3 Å². The van der Waals surface area contributed by atoms with E-state index >= 15 is 0 Å². The van der Waals surface area contributed by atoms with Crippen molar-refractivity contribution in [3.05, 3.63) is 54.1 Å². The Morgan fingerprint density at radius 1 is 1.05 bits per heavy atom. The summed E-state index contributed by atoms with van der Waals surface area (Å²) >= 11 is 0. The van der Waals surface area contributed by atoms with Crippen molar-refractivity contribution < 1.29 is 14.3 Å². The lowest BCUT2D eigenvalue weighted by Crippen LogP contribution is -2.39. The predicted octanol–water partition coefficient (Wildman–Crippen LogP) is 2.49. The first-order valence-corrected chi connectivity index (χ1v) is 6.47. The van der Waals surface area contributed by atoms with Gasteiger partial charge in [-0.1, -0.05) is 18.2 Å². The smallest absolute Gasteiger partial charge is 0.273 e. The lowest BCUT2D eigenvalue weighted by atomic mass is 10.2. The van der Waals surface area contributed by atoms with Gasteiger partial charge in [0, 0.05) is 13.1 Å². The van der Waals surface area contributed by atoms with Crippen LogP contribution in [0.15, 0.2) is 48.5 Å². The topological polar surface area (TPSA) is 50.8 Å². The Kier molecular flexibility index (Phi) is 4.66. The van der Waals surface area contributed by atoms with E-state index in [4.69, 9.17) is 9.47 Å². The molecule has 2 aromatic rings. The van der Waals surface area contributed by atoms with Crippen LogP contribution in [0.5, 0.6) is 11.5 Å². The highest BCUT2D eigenvalue weighted by Gasteiger charge is 2.14. The summed E-state index contributed by atoms with van der Waals surface area (Å²) in [7, 11) is 4.87. The third-order valence-electron chi connectivity index (χ3n) is 3.07. The molecular weight excluding hydrogens is 268 g/mol. The van der Waals surface area contributed by atoms with E-state index in [2.05, 4.69) is 5.43 Å². The summed E-state index contributed by atoms with van der Waals surface area (Å²) in [4.78, 5) is 12.3. The number of carbonyl (C=O) groups is 1. The first kappa shape index (κ1) is 14.7. The van der Waals surface area contributed by atoms with E-state index < -0.39 is 0 Å². The average Bonchev–Trinajstić information content (AvgIpc) is 2.54. The van der Waals surface area contributed by atoms with Crippen LogP contribution in [0, 0.1) is 0 Å². The lowest BCUT2D eigenvalue weighted by molar-refractivity contribution is 0.0948. The molecule has 0 aliphatic rings. The van der Waals surface area contributed by atoms with Gasteiger partial charge in [-0.25, -0.2) is 0 Å². The summed E-state index contributed by atoms with van der Waals surface area (Å²) in [5, 5.41) is 1.66. The quantitative estimate of drug-likeness (QED) is 0.858. The average molecular weight is 286 g/mol. The normalized spacial score (nSPS) is 9.86. The van der Waals surface area contributed by atoms with Crippen molar-refractivity contribution in [2.45, 2.75) is 0 Å². The van der Waals surface area contributed by atoms with Crippen LogP contribution in [0.4, 0.5) is 5.69 Å². The zero-order chi connectivity index (χ0) is 15.2. The van der Waals surface area contributed by atoms with Crippen LogP contribution in [0.25, 0.3) is 0 Å². The first-order chi connectivity index (χ1) is 10.2. The molecule has 2 aromatic carbocycles. The van der Waals surface area contributed by atoms with Crippen LogP contribution in [0.2, 0.25) is 0 Å². The minimum absolute atomic E-state index is 0.249. The van der Waals surface area contributed by atoms with Crippen molar-refractivity contribution in [1.82, 2.24) is 5.43 Å². The number of nitrogens with zero attached hydrogens (tertiary/aromatic N) is 1. The van der Waals surface area contributed by atoms with Gasteiger partial charge < -0.3 is 9.47 Å². The molecule has 5 heteroatoms. The molecule has 0 saturated carbocycles. The SMILES string of the molecule is COc1ccc(C(=O)NN(C)c2ccccc2)c(OC)c1. The first-order valence-electron chi connectivity index (χ1n) is 6.47. The molecule has 0 heterocycles. The van der Waals surface area contributed by atoms with Crippen LogP contribution in [-0.4, -0.2) is 27.2 Å². The number of anilines is 1. The maximum absolute atomic E-state index is 12.3. The van der Waals surface area contributed by atoms with E-state index in [1.165, 1.54) is 7.11 Å². The number of hydrogen-bond donors (Lipinski definition) is 1. The summed E-state index contributed by atoms with van der Waals surface area (Å²) in [5.41, 5.74) is 4.13. The van der Waals surface area contributed by atoms with Gasteiger partial charge in [0.15, 0.2) is 0 Å². The highest BCUT2D eigenvalue weighted by atomic mass is 16.5. The number of hydrazine groups is 1. The molecule has 0 aliphatic carbocycles. The maximum atomic E-state index is 12.3. The fourth-order valence-corrected chi connectivity index (χ4v) is 1.91. The molecule has 0 fully saturated rings. The molecule has 1 N–H and O–H groups in total. The van der Waals surface area contributed by atoms with Crippen LogP contribution in [0.3, 0.4) is 0 Å². The van der Waals surface area contributed by atoms with Crippen LogP contribution in [0.1, 0.15) is 10.4 Å². The van der Waals surface area contributed by atoms with Gasteiger partial charge in [-0.15, -0.1) is 0 Å². The Labute approximate surface area is 124 Å². The third kappa shape index (κ3) is 3.45. The van der Waals surface area contributed by atoms with Crippen molar-refractivity contribution in [3.8, 4) is 11.5 Å². The Bertz CT molecular complexity index is 614. The molecule has 0 saturated heterocycles. The molecule has 0 aromatic heterocycles. The van der Waals surface area contributed by atoms with Crippen molar-refractivity contribution in [1.29, 1.82) is 0 Å². The van der Waals surface area contributed by atoms with Gasteiger partial charge in [0.2, 0.25) is 0 Å². The molecule has 0 unspecified atom stereocenters. The summed E-state index contributed by atoms with van der Waals surface area (Å²) in [6, 6.07) is 14.6. The molecular formula is C16H18N2O3. The van der Waals surface area contributed by atoms with Gasteiger partial charge in [-0.2, -0.15) is 0 Å². The molecule has 1 amide bonds. The molecule has 0 spiro atoms. The van der Waals surface area contributed by atoms with E-state index in [1.807, 2.05) is 30.3 Å². The number of hydrogen-bond acceptors (Lipinski definition) is 4. The van der Waals surface area contributed by atoms with Gasteiger partial charge in [0.05, 0.1) is 25.5 Å². The molecule has 5 nitrogen and oxygen atoms in total. The molecule has 21 heavy (non-hydrogen) atoms. The van der Waals surface area contributed by atoms with Gasteiger partial charge >= 0.3 is 0 Å². The molecule has 0 radical (unpaired) electrons. The molecule has 0 aliphatic heterocycles. The number of amides is 1. The van der Waals surface area contributed by atoms with Crippen LogP contribution >= 0.6 is 0 Å². The molecule has 0 atom stereocenters. The van der Waals surface area contributed by atoms with E-state index in [1.54, 1.807) is 37.4 Å². The van der Waals surface area contributed by atoms with Gasteiger partial charge in [0.1, 0.15) is 11.5 Å². The van der Waals surface area contributed by atoms with E-state index in [0.717, 1.165) is 5.69 Å². The molecule has 110 valence electrons. The fourth-order valence-electron chi connectivity index (χ4n) is 1.91. The zero-order valence-electron chi connectivity index (χ0n) is 12.3. The third-order valence-corrected chi connectivity index (χ3v) is 3.07. The van der Waals surface area contributed by atoms with Crippen molar-refractivity contribution in [2.24, 2.45) is 0 Å². The minimum Gasteiger partial charge on any atom is -0.497 e. The largest absolute Gasteiger partial charge is 0.497 e. The van der Waals surface area contributed by atoms with Crippen molar-refractivity contribution >= 4 is 11.6 Å². The Morgan fingerprint density at radius 2 is 1.76 bits per heavy atom. The number of para-hydroxylation sites is 1. The molecule has 2 rings (SSSR count). The van der Waals surface area contributed by atoms with E-state index in [9.17, 15) is 4.79 Å². The zero-order valence-corrected chi connectivity index (χ0v) is 12.3. The van der Waals surface area contributed by atoms with E-state index in [0.29, 0.717) is 17.1 Å². The summed E-state index contributed by atoms with van der Waals surface area (Å²) in [6.07, 6.45) is 0. The second-order valence-electron chi connectivity index (χ2n) is 4.40. The van der Waals surface area contributed by atoms with Gasteiger partial charge in [0.25, 0.3) is 5.91 Å². The fraction of sp³-hybridized carbons (Fsp3) is 0.188. The van der Waals surface area contributed by atoms with Crippen molar-refractivity contribution in [2.75, 3.05) is 26.3 Å². The maximum Gasteiger partial charge on any atom is 0.273 e. The molecule has 0 bridgehead atoms. The lowest BCUT2D eigenvalue weighted by Gasteiger charge is -2.21. The second kappa shape index (κ2) is 6.65. The van der Waals surface area contributed by atoms with E-state index in [-0.39, 0.29) is 5.91 Å². The Morgan fingerprint density at radius 3 is 2.38 bits per heavy atom. The second-order valence-corrected chi connectivity index (χ2v) is 4.40. The highest BCUT2D eigenvalue weighted by Crippen LogP contribution is 2.24. The number of nitrogens with one attached hydrogen (secondary N) is 1. The Balaban J connectivity index is 2.17. The Hall–Kier alpha value is -2.69. The number of rotatable bonds is 5. The number of benzene rings is 2. The summed E-state index contributed by atoms with van der Waals surface area (Å²) in [6.45, 7) is 0. The number of methoxy groups -OCH3 is 2. The van der Waals surface area contributed by atoms with Gasteiger partial charge in [-0.3, -0.25) is 15.2 Å².